The number of carbonyl (C=O) groups excluding carboxylic acids is 1. The van der Waals surface area contributed by atoms with Crippen LogP contribution in [-0.4, -0.2) is 29.8 Å². The summed E-state index contributed by atoms with van der Waals surface area (Å²) < 4.78 is 6.37. The van der Waals surface area contributed by atoms with Gasteiger partial charge in [-0.25, -0.2) is 4.98 Å². The normalized spacial score (nSPS) is 12.1. The van der Waals surface area contributed by atoms with Gasteiger partial charge in [-0.05, 0) is 49.7 Å². The Morgan fingerprint density at radius 1 is 1.23 bits per heavy atom. The number of benzene rings is 2. The molecule has 1 unspecified atom stereocenters. The maximum atomic E-state index is 12.3. The lowest BCUT2D eigenvalue weighted by Gasteiger charge is -2.12. The third kappa shape index (κ3) is 4.99. The number of para-hydroxylation sites is 1. The largest absolute Gasteiger partial charge is 0.497 e. The predicted octanol–water partition coefficient (Wildman–Crippen LogP) is 4.53. The van der Waals surface area contributed by atoms with Gasteiger partial charge in [-0.1, -0.05) is 12.1 Å². The zero-order valence-corrected chi connectivity index (χ0v) is 16.5. The van der Waals surface area contributed by atoms with E-state index in [2.05, 4.69) is 16.4 Å². The van der Waals surface area contributed by atoms with Crippen molar-refractivity contribution in [2.75, 3.05) is 13.7 Å². The van der Waals surface area contributed by atoms with Crippen LogP contribution in [0.1, 0.15) is 18.4 Å². The number of amides is 1. The van der Waals surface area contributed by atoms with E-state index in [0.29, 0.717) is 6.54 Å². The Hall–Kier alpha value is -2.05. The van der Waals surface area contributed by atoms with Crippen LogP contribution in [0.2, 0.25) is 0 Å². The summed E-state index contributed by atoms with van der Waals surface area (Å²) in [6.07, 6.45) is 1.78. The summed E-state index contributed by atoms with van der Waals surface area (Å²) >= 11 is 3.28. The predicted molar refractivity (Wildman–Crippen MR) is 109 cm³/mol. The topological polar surface area (TPSA) is 51.2 Å². The zero-order valence-electron chi connectivity index (χ0n) is 14.9. The van der Waals surface area contributed by atoms with Crippen LogP contribution in [0.5, 0.6) is 5.75 Å². The quantitative estimate of drug-likeness (QED) is 0.456. The van der Waals surface area contributed by atoms with Crippen molar-refractivity contribution < 1.29 is 9.53 Å². The van der Waals surface area contributed by atoms with Gasteiger partial charge in [0.05, 0.1) is 27.6 Å². The molecule has 1 amide bonds. The number of hydrogen-bond donors (Lipinski definition) is 1. The summed E-state index contributed by atoms with van der Waals surface area (Å²) in [5.41, 5.74) is 1.06. The summed E-state index contributed by atoms with van der Waals surface area (Å²) in [4.78, 5) is 17.9. The Morgan fingerprint density at radius 3 is 2.73 bits per heavy atom. The molecule has 6 heteroatoms. The van der Waals surface area contributed by atoms with E-state index in [1.165, 1.54) is 4.70 Å². The number of nitrogens with one attached hydrogen (secondary N) is 1. The lowest BCUT2D eigenvalue weighted by Crippen LogP contribution is -2.31. The molecule has 0 bridgehead atoms. The summed E-state index contributed by atoms with van der Waals surface area (Å²) in [5, 5.41) is 4.01. The van der Waals surface area contributed by atoms with Crippen molar-refractivity contribution >= 4 is 39.2 Å². The molecule has 3 aromatic rings. The Bertz CT molecular complexity index is 829. The summed E-state index contributed by atoms with van der Waals surface area (Å²) in [6, 6.07) is 15.9. The van der Waals surface area contributed by atoms with Crippen LogP contribution < -0.4 is 10.1 Å². The van der Waals surface area contributed by atoms with Gasteiger partial charge in [0.15, 0.2) is 0 Å². The Kier molecular flexibility index (Phi) is 6.52. The molecule has 136 valence electrons. The highest BCUT2D eigenvalue weighted by atomic mass is 32.2. The average molecular weight is 387 g/mol. The van der Waals surface area contributed by atoms with Crippen molar-refractivity contribution in [1.29, 1.82) is 0 Å². The standard InChI is InChI=1S/C20H22N2O2S2/c1-14(25-16-11-9-15(24-2)10-12-16)20(23)21-13-5-8-19-22-17-6-3-4-7-18(17)26-19/h3-4,6-7,9-12,14H,5,8,13H2,1-2H3,(H,21,23). The highest BCUT2D eigenvalue weighted by Gasteiger charge is 2.14. The minimum absolute atomic E-state index is 0.0649. The third-order valence-electron chi connectivity index (χ3n) is 3.95. The van der Waals surface area contributed by atoms with Gasteiger partial charge in [0.25, 0.3) is 0 Å². The number of carbonyl (C=O) groups is 1. The number of methoxy groups -OCH3 is 1. The maximum absolute atomic E-state index is 12.3. The van der Waals surface area contributed by atoms with Crippen LogP contribution in [0.3, 0.4) is 0 Å². The molecule has 1 heterocycles. The molecular weight excluding hydrogens is 364 g/mol. The number of fused-ring (bicyclic) bond motifs is 1. The first kappa shape index (κ1) is 18.7. The molecule has 0 saturated heterocycles. The summed E-state index contributed by atoms with van der Waals surface area (Å²) in [5.74, 6) is 0.886. The zero-order chi connectivity index (χ0) is 18.4. The van der Waals surface area contributed by atoms with Gasteiger partial charge in [-0.15, -0.1) is 23.1 Å². The number of ether oxygens (including phenoxy) is 1. The van der Waals surface area contributed by atoms with E-state index in [0.717, 1.165) is 34.0 Å². The van der Waals surface area contributed by atoms with E-state index in [9.17, 15) is 4.79 Å². The molecule has 0 aliphatic heterocycles. The minimum Gasteiger partial charge on any atom is -0.497 e. The Balaban J connectivity index is 1.41. The van der Waals surface area contributed by atoms with E-state index in [1.807, 2.05) is 49.4 Å². The number of aryl methyl sites for hydroxylation is 1. The molecule has 1 N–H and O–H groups in total. The van der Waals surface area contributed by atoms with Gasteiger partial charge in [-0.3, -0.25) is 4.79 Å². The molecule has 0 spiro atoms. The van der Waals surface area contributed by atoms with Gasteiger partial charge in [0, 0.05) is 17.9 Å². The fourth-order valence-corrected chi connectivity index (χ4v) is 4.43. The number of hydrogen-bond acceptors (Lipinski definition) is 5. The minimum atomic E-state index is -0.133. The third-order valence-corrected chi connectivity index (χ3v) is 6.15. The van der Waals surface area contributed by atoms with Gasteiger partial charge in [0.1, 0.15) is 5.75 Å². The molecule has 0 aliphatic carbocycles. The molecule has 1 atom stereocenters. The van der Waals surface area contributed by atoms with Crippen LogP contribution in [0.15, 0.2) is 53.4 Å². The molecule has 2 aromatic carbocycles. The number of rotatable bonds is 8. The van der Waals surface area contributed by atoms with Crippen LogP contribution in [0, 0.1) is 0 Å². The second kappa shape index (κ2) is 9.05. The molecule has 3 rings (SSSR count). The molecule has 0 aliphatic rings. The smallest absolute Gasteiger partial charge is 0.233 e. The molecule has 0 radical (unpaired) electrons. The van der Waals surface area contributed by atoms with Crippen molar-refractivity contribution in [3.63, 3.8) is 0 Å². The van der Waals surface area contributed by atoms with Gasteiger partial charge in [0.2, 0.25) is 5.91 Å². The van der Waals surface area contributed by atoms with Crippen molar-refractivity contribution in [2.45, 2.75) is 29.9 Å². The fourth-order valence-electron chi connectivity index (χ4n) is 2.53. The van der Waals surface area contributed by atoms with E-state index >= 15 is 0 Å². The van der Waals surface area contributed by atoms with Crippen LogP contribution in [-0.2, 0) is 11.2 Å². The highest BCUT2D eigenvalue weighted by molar-refractivity contribution is 8.00. The first-order valence-corrected chi connectivity index (χ1v) is 10.3. The van der Waals surface area contributed by atoms with E-state index in [-0.39, 0.29) is 11.2 Å². The SMILES string of the molecule is COc1ccc(SC(C)C(=O)NCCCc2nc3ccccc3s2)cc1. The monoisotopic (exact) mass is 386 g/mol. The van der Waals surface area contributed by atoms with Crippen molar-refractivity contribution in [3.05, 3.63) is 53.5 Å². The second-order valence-electron chi connectivity index (χ2n) is 5.91. The van der Waals surface area contributed by atoms with Crippen molar-refractivity contribution in [3.8, 4) is 5.75 Å². The fraction of sp³-hybridized carbons (Fsp3) is 0.300. The van der Waals surface area contributed by atoms with Crippen LogP contribution in [0.25, 0.3) is 10.2 Å². The number of thioether (sulfide) groups is 1. The number of thiazole rings is 1. The van der Waals surface area contributed by atoms with Crippen molar-refractivity contribution in [1.82, 2.24) is 10.3 Å². The van der Waals surface area contributed by atoms with Gasteiger partial charge in [-0.2, -0.15) is 0 Å². The number of nitrogens with zero attached hydrogens (tertiary/aromatic N) is 1. The molecular formula is C20H22N2O2S2. The number of aromatic nitrogens is 1. The lowest BCUT2D eigenvalue weighted by atomic mass is 10.3. The first-order chi connectivity index (χ1) is 12.7. The lowest BCUT2D eigenvalue weighted by molar-refractivity contribution is -0.120. The Labute approximate surface area is 162 Å². The maximum Gasteiger partial charge on any atom is 0.233 e. The first-order valence-electron chi connectivity index (χ1n) is 8.58. The molecule has 1 aromatic heterocycles. The van der Waals surface area contributed by atoms with Crippen LogP contribution in [0.4, 0.5) is 0 Å². The molecule has 4 nitrogen and oxygen atoms in total. The summed E-state index contributed by atoms with van der Waals surface area (Å²) in [7, 11) is 1.65. The van der Waals surface area contributed by atoms with Gasteiger partial charge >= 0.3 is 0 Å². The van der Waals surface area contributed by atoms with Crippen molar-refractivity contribution in [2.24, 2.45) is 0 Å². The van der Waals surface area contributed by atoms with E-state index in [4.69, 9.17) is 4.74 Å². The second-order valence-corrected chi connectivity index (χ2v) is 8.43. The van der Waals surface area contributed by atoms with E-state index in [1.54, 1.807) is 30.2 Å². The Morgan fingerprint density at radius 2 is 2.00 bits per heavy atom. The van der Waals surface area contributed by atoms with Gasteiger partial charge < -0.3 is 10.1 Å². The average Bonchev–Trinajstić information content (AvgIpc) is 3.08. The molecule has 0 fully saturated rings. The molecule has 26 heavy (non-hydrogen) atoms. The molecule has 0 saturated carbocycles. The van der Waals surface area contributed by atoms with Crippen LogP contribution >= 0.6 is 23.1 Å². The van der Waals surface area contributed by atoms with E-state index < -0.39 is 0 Å². The highest BCUT2D eigenvalue weighted by Crippen LogP contribution is 2.25. The summed E-state index contributed by atoms with van der Waals surface area (Å²) in [6.45, 7) is 2.60.